The van der Waals surface area contributed by atoms with Crippen molar-refractivity contribution in [3.8, 4) is 0 Å². The van der Waals surface area contributed by atoms with E-state index in [1.165, 1.54) is 0 Å². The fraction of sp³-hybridized carbons (Fsp3) is 0.400. The minimum Gasteiger partial charge on any atom is -0.481 e. The largest absolute Gasteiger partial charge is 0.481 e. The highest BCUT2D eigenvalue weighted by atomic mass is 16.4. The normalized spacial score (nSPS) is 22.1. The second kappa shape index (κ2) is 5.55. The maximum Gasteiger partial charge on any atom is 0.306 e. The summed E-state index contributed by atoms with van der Waals surface area (Å²) in [6.45, 7) is 0. The first-order chi connectivity index (χ1) is 10.1. The van der Waals surface area contributed by atoms with Crippen LogP contribution in [0, 0.1) is 5.92 Å². The maximum absolute atomic E-state index is 12.2. The van der Waals surface area contributed by atoms with Crippen molar-refractivity contribution in [3.63, 3.8) is 0 Å². The Morgan fingerprint density at radius 1 is 1.24 bits per heavy atom. The fourth-order valence-electron chi connectivity index (χ4n) is 2.84. The van der Waals surface area contributed by atoms with E-state index in [1.54, 1.807) is 18.3 Å². The molecular formula is C15H17N3O3. The lowest BCUT2D eigenvalue weighted by molar-refractivity contribution is -0.142. The standard InChI is InChI=1S/C15H17N3O3/c19-14(10-3-6-13-11(7-10)8-16-18-13)17-12-4-1-9(2-5-12)15(20)21/h3,6-9,12H,1-2,4-5H2,(H,16,18)(H,17,19)(H,20,21). The Hall–Kier alpha value is -2.37. The van der Waals surface area contributed by atoms with Gasteiger partial charge in [-0.15, -0.1) is 0 Å². The maximum atomic E-state index is 12.2. The molecule has 0 saturated heterocycles. The summed E-state index contributed by atoms with van der Waals surface area (Å²) in [5.74, 6) is -1.11. The Kier molecular flexibility index (Phi) is 3.60. The van der Waals surface area contributed by atoms with Crippen LogP contribution in [0.15, 0.2) is 24.4 Å². The number of aromatic amines is 1. The van der Waals surface area contributed by atoms with E-state index >= 15 is 0 Å². The number of carboxylic acids is 1. The number of aliphatic carboxylic acids is 1. The third-order valence-electron chi connectivity index (χ3n) is 4.11. The number of hydrogen-bond acceptors (Lipinski definition) is 3. The molecule has 6 nitrogen and oxygen atoms in total. The Balaban J connectivity index is 1.62. The molecule has 0 radical (unpaired) electrons. The molecule has 1 aromatic carbocycles. The van der Waals surface area contributed by atoms with E-state index in [0.29, 0.717) is 18.4 Å². The highest BCUT2D eigenvalue weighted by Gasteiger charge is 2.26. The molecule has 0 bridgehead atoms. The molecule has 1 aliphatic carbocycles. The summed E-state index contributed by atoms with van der Waals surface area (Å²) in [6.07, 6.45) is 4.37. The Bertz CT molecular complexity index is 672. The molecule has 21 heavy (non-hydrogen) atoms. The van der Waals surface area contributed by atoms with Gasteiger partial charge in [0.25, 0.3) is 5.91 Å². The minimum absolute atomic E-state index is 0.0631. The molecule has 0 atom stereocenters. The highest BCUT2D eigenvalue weighted by Crippen LogP contribution is 2.24. The van der Waals surface area contributed by atoms with Gasteiger partial charge in [-0.2, -0.15) is 5.10 Å². The van der Waals surface area contributed by atoms with Gasteiger partial charge in [-0.25, -0.2) is 0 Å². The summed E-state index contributed by atoms with van der Waals surface area (Å²) in [6, 6.07) is 5.46. The number of rotatable bonds is 3. The molecule has 3 N–H and O–H groups in total. The summed E-state index contributed by atoms with van der Waals surface area (Å²) in [5.41, 5.74) is 1.50. The van der Waals surface area contributed by atoms with Gasteiger partial charge in [0, 0.05) is 17.0 Å². The number of carboxylic acid groups (broad SMARTS) is 1. The number of carbonyl (C=O) groups is 2. The van der Waals surface area contributed by atoms with E-state index < -0.39 is 5.97 Å². The third-order valence-corrected chi connectivity index (χ3v) is 4.11. The molecule has 3 rings (SSSR count). The lowest BCUT2D eigenvalue weighted by Crippen LogP contribution is -2.38. The molecule has 1 amide bonds. The number of aromatic nitrogens is 2. The van der Waals surface area contributed by atoms with Crippen LogP contribution in [-0.2, 0) is 4.79 Å². The predicted molar refractivity (Wildman–Crippen MR) is 76.9 cm³/mol. The molecule has 1 fully saturated rings. The number of carbonyl (C=O) groups excluding carboxylic acids is 1. The lowest BCUT2D eigenvalue weighted by Gasteiger charge is -2.26. The second-order valence-corrected chi connectivity index (χ2v) is 5.53. The Morgan fingerprint density at radius 3 is 2.71 bits per heavy atom. The summed E-state index contributed by atoms with van der Waals surface area (Å²) >= 11 is 0. The number of amides is 1. The average Bonchev–Trinajstić information content (AvgIpc) is 2.95. The van der Waals surface area contributed by atoms with Crippen molar-refractivity contribution in [2.24, 2.45) is 5.92 Å². The van der Waals surface area contributed by atoms with Crippen LogP contribution in [0.4, 0.5) is 0 Å². The number of nitrogens with one attached hydrogen (secondary N) is 2. The van der Waals surface area contributed by atoms with Gasteiger partial charge in [-0.05, 0) is 43.9 Å². The van der Waals surface area contributed by atoms with Gasteiger partial charge < -0.3 is 10.4 Å². The van der Waals surface area contributed by atoms with Crippen molar-refractivity contribution in [2.45, 2.75) is 31.7 Å². The van der Waals surface area contributed by atoms with Gasteiger partial charge in [0.2, 0.25) is 0 Å². The molecule has 110 valence electrons. The lowest BCUT2D eigenvalue weighted by atomic mass is 9.86. The van der Waals surface area contributed by atoms with E-state index in [-0.39, 0.29) is 17.9 Å². The van der Waals surface area contributed by atoms with Crippen molar-refractivity contribution in [3.05, 3.63) is 30.0 Å². The topological polar surface area (TPSA) is 95.1 Å². The predicted octanol–water partition coefficient (Wildman–Crippen LogP) is 1.94. The van der Waals surface area contributed by atoms with E-state index in [2.05, 4.69) is 15.5 Å². The first-order valence-corrected chi connectivity index (χ1v) is 7.10. The zero-order valence-corrected chi connectivity index (χ0v) is 11.5. The molecule has 0 unspecified atom stereocenters. The van der Waals surface area contributed by atoms with Crippen LogP contribution in [0.5, 0.6) is 0 Å². The summed E-state index contributed by atoms with van der Waals surface area (Å²) in [7, 11) is 0. The molecule has 0 spiro atoms. The smallest absolute Gasteiger partial charge is 0.306 e. The quantitative estimate of drug-likeness (QED) is 0.804. The SMILES string of the molecule is O=C(NC1CCC(C(=O)O)CC1)c1ccc2[nH]ncc2c1. The van der Waals surface area contributed by atoms with Gasteiger partial charge in [0.05, 0.1) is 17.6 Å². The van der Waals surface area contributed by atoms with Gasteiger partial charge >= 0.3 is 5.97 Å². The number of benzene rings is 1. The zero-order valence-electron chi connectivity index (χ0n) is 11.5. The van der Waals surface area contributed by atoms with Gasteiger partial charge in [0.15, 0.2) is 0 Å². The van der Waals surface area contributed by atoms with Crippen LogP contribution in [0.2, 0.25) is 0 Å². The monoisotopic (exact) mass is 287 g/mol. The summed E-state index contributed by atoms with van der Waals surface area (Å²) in [4.78, 5) is 23.1. The summed E-state index contributed by atoms with van der Waals surface area (Å²) < 4.78 is 0. The number of hydrogen-bond donors (Lipinski definition) is 3. The first kappa shape index (κ1) is 13.6. The number of H-pyrrole nitrogens is 1. The van der Waals surface area contributed by atoms with Crippen molar-refractivity contribution >= 4 is 22.8 Å². The molecular weight excluding hydrogens is 270 g/mol. The minimum atomic E-state index is -0.731. The fourth-order valence-corrected chi connectivity index (χ4v) is 2.84. The van der Waals surface area contributed by atoms with Crippen molar-refractivity contribution in [1.29, 1.82) is 0 Å². The van der Waals surface area contributed by atoms with Crippen LogP contribution in [0.1, 0.15) is 36.0 Å². The highest BCUT2D eigenvalue weighted by molar-refractivity contribution is 5.98. The molecule has 6 heteroatoms. The van der Waals surface area contributed by atoms with Gasteiger partial charge in [0.1, 0.15) is 0 Å². The molecule has 1 heterocycles. The van der Waals surface area contributed by atoms with Crippen LogP contribution in [-0.4, -0.2) is 33.2 Å². The average molecular weight is 287 g/mol. The van der Waals surface area contributed by atoms with E-state index in [4.69, 9.17) is 5.11 Å². The van der Waals surface area contributed by atoms with Gasteiger partial charge in [-0.3, -0.25) is 14.7 Å². The van der Waals surface area contributed by atoms with E-state index in [1.807, 2.05) is 6.07 Å². The van der Waals surface area contributed by atoms with E-state index in [9.17, 15) is 9.59 Å². The molecule has 2 aromatic rings. The summed E-state index contributed by atoms with van der Waals surface area (Å²) in [5, 5.41) is 19.6. The molecule has 0 aliphatic heterocycles. The van der Waals surface area contributed by atoms with Crippen LogP contribution >= 0.6 is 0 Å². The third kappa shape index (κ3) is 2.89. The second-order valence-electron chi connectivity index (χ2n) is 5.53. The van der Waals surface area contributed by atoms with Crippen LogP contribution < -0.4 is 5.32 Å². The molecule has 1 aromatic heterocycles. The Labute approximate surface area is 121 Å². The molecule has 1 aliphatic rings. The number of fused-ring (bicyclic) bond motifs is 1. The van der Waals surface area contributed by atoms with Crippen molar-refractivity contribution in [2.75, 3.05) is 0 Å². The number of nitrogens with zero attached hydrogens (tertiary/aromatic N) is 1. The zero-order chi connectivity index (χ0) is 14.8. The van der Waals surface area contributed by atoms with Crippen LogP contribution in [0.25, 0.3) is 10.9 Å². The van der Waals surface area contributed by atoms with Gasteiger partial charge in [-0.1, -0.05) is 0 Å². The first-order valence-electron chi connectivity index (χ1n) is 7.10. The van der Waals surface area contributed by atoms with Crippen molar-refractivity contribution < 1.29 is 14.7 Å². The van der Waals surface area contributed by atoms with E-state index in [0.717, 1.165) is 23.7 Å². The molecule has 1 saturated carbocycles. The van der Waals surface area contributed by atoms with Crippen molar-refractivity contribution in [1.82, 2.24) is 15.5 Å². The van der Waals surface area contributed by atoms with Crippen LogP contribution in [0.3, 0.4) is 0 Å². The Morgan fingerprint density at radius 2 is 2.00 bits per heavy atom.